The van der Waals surface area contributed by atoms with Gasteiger partial charge < -0.3 is 14.8 Å². The van der Waals surface area contributed by atoms with Crippen molar-refractivity contribution in [2.75, 3.05) is 19.6 Å². The number of amides is 1. The van der Waals surface area contributed by atoms with Gasteiger partial charge in [0.1, 0.15) is 5.65 Å². The molecule has 2 aromatic heterocycles. The standard InChI is InChI=1S/C22H26N4O2/c27-20(16-25-12-10-17-5-1-2-6-18(17)14-25)13-23-22(28)9-8-19-15-26-11-4-3-7-21(26)24-19/h1-7,11,15,20,27H,8-10,12-14,16H2,(H,23,28). The highest BCUT2D eigenvalue weighted by Crippen LogP contribution is 2.18. The van der Waals surface area contributed by atoms with Gasteiger partial charge in [0.15, 0.2) is 0 Å². The van der Waals surface area contributed by atoms with Gasteiger partial charge in [-0.1, -0.05) is 30.3 Å². The Morgan fingerprint density at radius 3 is 2.86 bits per heavy atom. The zero-order valence-corrected chi connectivity index (χ0v) is 15.9. The third-order valence-electron chi connectivity index (χ3n) is 5.24. The number of nitrogens with one attached hydrogen (secondary N) is 1. The number of aryl methyl sites for hydroxylation is 1. The maximum absolute atomic E-state index is 12.1. The lowest BCUT2D eigenvalue weighted by Crippen LogP contribution is -2.42. The first-order valence-corrected chi connectivity index (χ1v) is 9.84. The highest BCUT2D eigenvalue weighted by Gasteiger charge is 2.18. The van der Waals surface area contributed by atoms with Crippen LogP contribution < -0.4 is 5.32 Å². The number of aliphatic hydroxyl groups excluding tert-OH is 1. The van der Waals surface area contributed by atoms with E-state index in [1.165, 1.54) is 11.1 Å². The molecule has 1 atom stereocenters. The van der Waals surface area contributed by atoms with Crippen molar-refractivity contribution in [2.45, 2.75) is 31.9 Å². The number of imidazole rings is 1. The Balaban J connectivity index is 1.19. The molecule has 146 valence electrons. The number of β-amino-alcohol motifs (C(OH)–C–C–N with tert-alkyl or cyclic N) is 1. The summed E-state index contributed by atoms with van der Waals surface area (Å²) in [4.78, 5) is 18.9. The predicted octanol–water partition coefficient (Wildman–Crippen LogP) is 1.80. The molecule has 0 aliphatic carbocycles. The Hall–Kier alpha value is -2.70. The molecule has 2 N–H and O–H groups in total. The van der Waals surface area contributed by atoms with Crippen LogP contribution in [0.2, 0.25) is 0 Å². The third-order valence-corrected chi connectivity index (χ3v) is 5.24. The Morgan fingerprint density at radius 2 is 2.00 bits per heavy atom. The van der Waals surface area contributed by atoms with E-state index in [0.29, 0.717) is 19.4 Å². The van der Waals surface area contributed by atoms with Crippen LogP contribution in [0.3, 0.4) is 0 Å². The monoisotopic (exact) mass is 378 g/mol. The van der Waals surface area contributed by atoms with E-state index < -0.39 is 6.10 Å². The Bertz CT molecular complexity index is 919. The first-order valence-electron chi connectivity index (χ1n) is 9.84. The number of rotatable bonds is 7. The van der Waals surface area contributed by atoms with Crippen LogP contribution in [0.1, 0.15) is 23.2 Å². The van der Waals surface area contributed by atoms with Crippen molar-refractivity contribution in [3.63, 3.8) is 0 Å². The van der Waals surface area contributed by atoms with E-state index in [2.05, 4.69) is 39.5 Å². The number of carbonyl (C=O) groups excluding carboxylic acids is 1. The number of hydrogen-bond acceptors (Lipinski definition) is 4. The van der Waals surface area contributed by atoms with E-state index in [9.17, 15) is 9.90 Å². The van der Waals surface area contributed by atoms with E-state index in [-0.39, 0.29) is 12.5 Å². The predicted molar refractivity (Wildman–Crippen MR) is 108 cm³/mol. The lowest BCUT2D eigenvalue weighted by Gasteiger charge is -2.30. The zero-order chi connectivity index (χ0) is 19.3. The first-order chi connectivity index (χ1) is 13.7. The summed E-state index contributed by atoms with van der Waals surface area (Å²) in [7, 11) is 0. The normalized spacial score (nSPS) is 15.3. The van der Waals surface area contributed by atoms with E-state index >= 15 is 0 Å². The van der Waals surface area contributed by atoms with Gasteiger partial charge in [-0.05, 0) is 36.1 Å². The fraction of sp³-hybridized carbons (Fsp3) is 0.364. The van der Waals surface area contributed by atoms with Crippen molar-refractivity contribution in [1.29, 1.82) is 0 Å². The molecule has 0 saturated carbocycles. The van der Waals surface area contributed by atoms with Gasteiger partial charge in [-0.2, -0.15) is 0 Å². The van der Waals surface area contributed by atoms with Gasteiger partial charge in [-0.3, -0.25) is 9.69 Å². The summed E-state index contributed by atoms with van der Waals surface area (Å²) >= 11 is 0. The molecule has 1 amide bonds. The van der Waals surface area contributed by atoms with Crippen LogP contribution in [0.4, 0.5) is 0 Å². The molecule has 0 radical (unpaired) electrons. The molecule has 6 heteroatoms. The van der Waals surface area contributed by atoms with E-state index in [0.717, 1.165) is 30.9 Å². The molecule has 0 bridgehead atoms. The van der Waals surface area contributed by atoms with Crippen LogP contribution in [0.5, 0.6) is 0 Å². The molecule has 4 rings (SSSR count). The largest absolute Gasteiger partial charge is 0.390 e. The molecule has 0 spiro atoms. The minimum Gasteiger partial charge on any atom is -0.390 e. The summed E-state index contributed by atoms with van der Waals surface area (Å²) in [6.45, 7) is 2.65. The van der Waals surface area contributed by atoms with Crippen LogP contribution in [0.25, 0.3) is 5.65 Å². The lowest BCUT2D eigenvalue weighted by molar-refractivity contribution is -0.121. The Kier molecular flexibility index (Phi) is 5.69. The van der Waals surface area contributed by atoms with Crippen LogP contribution in [-0.2, 0) is 24.2 Å². The molecule has 1 unspecified atom stereocenters. The highest BCUT2D eigenvalue weighted by molar-refractivity contribution is 5.76. The lowest BCUT2D eigenvalue weighted by atomic mass is 10.00. The number of hydrogen-bond donors (Lipinski definition) is 2. The number of fused-ring (bicyclic) bond motifs is 2. The second-order valence-electron chi connectivity index (χ2n) is 7.41. The number of aliphatic hydroxyl groups is 1. The number of pyridine rings is 1. The number of carbonyl (C=O) groups is 1. The number of nitrogens with zero attached hydrogens (tertiary/aromatic N) is 3. The Morgan fingerprint density at radius 1 is 1.18 bits per heavy atom. The SMILES string of the molecule is O=C(CCc1cn2ccccc2n1)NCC(O)CN1CCc2ccccc2C1. The molecule has 3 heterocycles. The molecule has 1 aromatic carbocycles. The second kappa shape index (κ2) is 8.54. The van der Waals surface area contributed by atoms with Gasteiger partial charge >= 0.3 is 0 Å². The molecule has 3 aromatic rings. The summed E-state index contributed by atoms with van der Waals surface area (Å²) in [6.07, 6.45) is 5.30. The molecule has 1 aliphatic heterocycles. The van der Waals surface area contributed by atoms with E-state index in [1.807, 2.05) is 35.0 Å². The van der Waals surface area contributed by atoms with Crippen molar-refractivity contribution in [3.05, 3.63) is 71.7 Å². The maximum Gasteiger partial charge on any atom is 0.220 e. The fourth-order valence-electron chi connectivity index (χ4n) is 3.74. The van der Waals surface area contributed by atoms with Crippen LogP contribution >= 0.6 is 0 Å². The third kappa shape index (κ3) is 4.58. The molecule has 0 fully saturated rings. The summed E-state index contributed by atoms with van der Waals surface area (Å²) in [6, 6.07) is 14.3. The summed E-state index contributed by atoms with van der Waals surface area (Å²) in [5, 5.41) is 13.2. The van der Waals surface area contributed by atoms with Crippen molar-refractivity contribution >= 4 is 11.6 Å². The fourth-order valence-corrected chi connectivity index (χ4v) is 3.74. The van der Waals surface area contributed by atoms with Crippen LogP contribution in [-0.4, -0.2) is 51.0 Å². The molecular formula is C22H26N4O2. The smallest absolute Gasteiger partial charge is 0.220 e. The average Bonchev–Trinajstić information content (AvgIpc) is 3.14. The molecule has 6 nitrogen and oxygen atoms in total. The average molecular weight is 378 g/mol. The number of benzene rings is 1. The van der Waals surface area contributed by atoms with Crippen molar-refractivity contribution in [3.8, 4) is 0 Å². The molecular weight excluding hydrogens is 352 g/mol. The molecule has 28 heavy (non-hydrogen) atoms. The van der Waals surface area contributed by atoms with E-state index in [4.69, 9.17) is 0 Å². The second-order valence-corrected chi connectivity index (χ2v) is 7.41. The van der Waals surface area contributed by atoms with Gasteiger partial charge in [-0.15, -0.1) is 0 Å². The summed E-state index contributed by atoms with van der Waals surface area (Å²) in [5.41, 5.74) is 4.51. The topological polar surface area (TPSA) is 69.9 Å². The maximum atomic E-state index is 12.1. The van der Waals surface area contributed by atoms with Gasteiger partial charge in [0, 0.05) is 45.0 Å². The van der Waals surface area contributed by atoms with E-state index in [1.54, 1.807) is 0 Å². The Labute approximate surface area is 164 Å². The van der Waals surface area contributed by atoms with Gasteiger partial charge in [0.05, 0.1) is 11.8 Å². The van der Waals surface area contributed by atoms with Gasteiger partial charge in [0.2, 0.25) is 5.91 Å². The van der Waals surface area contributed by atoms with Crippen LogP contribution in [0.15, 0.2) is 54.9 Å². The van der Waals surface area contributed by atoms with Crippen molar-refractivity contribution < 1.29 is 9.90 Å². The zero-order valence-electron chi connectivity index (χ0n) is 15.9. The van der Waals surface area contributed by atoms with Crippen molar-refractivity contribution in [1.82, 2.24) is 19.6 Å². The summed E-state index contributed by atoms with van der Waals surface area (Å²) < 4.78 is 1.95. The quantitative estimate of drug-likeness (QED) is 0.658. The minimum atomic E-state index is -0.565. The van der Waals surface area contributed by atoms with Gasteiger partial charge in [-0.25, -0.2) is 4.98 Å². The number of aromatic nitrogens is 2. The molecule has 1 aliphatic rings. The first kappa shape index (κ1) is 18.7. The van der Waals surface area contributed by atoms with Crippen LogP contribution in [0, 0.1) is 0 Å². The molecule has 0 saturated heterocycles. The highest BCUT2D eigenvalue weighted by atomic mass is 16.3. The van der Waals surface area contributed by atoms with Gasteiger partial charge in [0.25, 0.3) is 0 Å². The van der Waals surface area contributed by atoms with Crippen molar-refractivity contribution in [2.24, 2.45) is 0 Å². The summed E-state index contributed by atoms with van der Waals surface area (Å²) in [5.74, 6) is -0.0555. The minimum absolute atomic E-state index is 0.0555.